The molecule has 7 heteroatoms. The summed E-state index contributed by atoms with van der Waals surface area (Å²) in [7, 11) is -3.62. The maximum absolute atomic E-state index is 11.7. The monoisotopic (exact) mass is 293 g/mol. The summed E-state index contributed by atoms with van der Waals surface area (Å²) in [6.45, 7) is 5.23. The predicted molar refractivity (Wildman–Crippen MR) is 71.0 cm³/mol. The summed E-state index contributed by atoms with van der Waals surface area (Å²) < 4.78 is 32.6. The lowest BCUT2D eigenvalue weighted by molar-refractivity contribution is 0.0318. The van der Waals surface area contributed by atoms with E-state index in [9.17, 15) is 13.2 Å². The zero-order valence-corrected chi connectivity index (χ0v) is 12.7. The van der Waals surface area contributed by atoms with Crippen molar-refractivity contribution in [2.45, 2.75) is 58.3 Å². The van der Waals surface area contributed by atoms with Crippen LogP contribution in [0.15, 0.2) is 0 Å². The molecular weight excluding hydrogens is 270 g/mol. The van der Waals surface area contributed by atoms with Crippen LogP contribution in [0.4, 0.5) is 4.79 Å². The Morgan fingerprint density at radius 1 is 1.26 bits per heavy atom. The van der Waals surface area contributed by atoms with Gasteiger partial charge in [-0.25, -0.2) is 8.98 Å². The summed E-state index contributed by atoms with van der Waals surface area (Å²) in [5.41, 5.74) is -0.630. The number of hydrogen-bond acceptors (Lipinski definition) is 5. The van der Waals surface area contributed by atoms with Crippen molar-refractivity contribution >= 4 is 16.2 Å². The van der Waals surface area contributed by atoms with Crippen LogP contribution in [0.1, 0.15) is 46.5 Å². The second kappa shape index (κ2) is 6.09. The van der Waals surface area contributed by atoms with E-state index in [0.29, 0.717) is 0 Å². The highest BCUT2D eigenvalue weighted by molar-refractivity contribution is 7.86. The van der Waals surface area contributed by atoms with E-state index in [1.807, 2.05) is 0 Å². The molecule has 19 heavy (non-hydrogen) atoms. The third-order valence-corrected chi connectivity index (χ3v) is 3.32. The Bertz CT molecular complexity index is 406. The number of carbonyl (C=O) groups is 1. The van der Waals surface area contributed by atoms with Crippen LogP contribution < -0.4 is 5.32 Å². The van der Waals surface area contributed by atoms with E-state index in [1.54, 1.807) is 20.8 Å². The Kier molecular flexibility index (Phi) is 5.20. The van der Waals surface area contributed by atoms with Gasteiger partial charge in [-0.05, 0) is 33.6 Å². The van der Waals surface area contributed by atoms with Crippen LogP contribution in [0.2, 0.25) is 0 Å². The fraction of sp³-hybridized carbons (Fsp3) is 0.917. The Morgan fingerprint density at radius 3 is 2.21 bits per heavy atom. The van der Waals surface area contributed by atoms with Crippen molar-refractivity contribution in [2.75, 3.05) is 6.26 Å². The fourth-order valence-electron chi connectivity index (χ4n) is 2.09. The maximum Gasteiger partial charge on any atom is 0.409 e. The first kappa shape index (κ1) is 16.2. The number of amides is 1. The Labute approximate surface area is 115 Å². The van der Waals surface area contributed by atoms with Gasteiger partial charge in [-0.3, -0.25) is 5.32 Å². The Balaban J connectivity index is 2.66. The molecule has 1 saturated carbocycles. The van der Waals surface area contributed by atoms with Crippen LogP contribution in [0, 0.1) is 5.92 Å². The van der Waals surface area contributed by atoms with Gasteiger partial charge in [0.05, 0.1) is 6.26 Å². The van der Waals surface area contributed by atoms with Crippen LogP contribution in [0.3, 0.4) is 0 Å². The molecule has 1 rings (SSSR count). The fourth-order valence-corrected chi connectivity index (χ4v) is 2.67. The van der Waals surface area contributed by atoms with Gasteiger partial charge in [0.1, 0.15) is 5.60 Å². The molecule has 1 aliphatic carbocycles. The average Bonchev–Trinajstić information content (AvgIpc) is 2.62. The van der Waals surface area contributed by atoms with Crippen molar-refractivity contribution < 1.29 is 22.1 Å². The van der Waals surface area contributed by atoms with Crippen molar-refractivity contribution in [1.29, 1.82) is 0 Å². The largest absolute Gasteiger partial charge is 0.444 e. The van der Waals surface area contributed by atoms with Crippen molar-refractivity contribution in [3.8, 4) is 0 Å². The molecule has 1 atom stereocenters. The number of ether oxygens (including phenoxy) is 1. The first-order chi connectivity index (χ1) is 8.57. The summed E-state index contributed by atoms with van der Waals surface area (Å²) in [6, 6.07) is 0. The Hall–Kier alpha value is -0.820. The molecule has 0 radical (unpaired) electrons. The molecule has 0 bridgehead atoms. The van der Waals surface area contributed by atoms with Crippen LogP contribution in [-0.2, 0) is 19.0 Å². The van der Waals surface area contributed by atoms with E-state index in [0.717, 1.165) is 31.9 Å². The van der Waals surface area contributed by atoms with Crippen LogP contribution in [-0.4, -0.2) is 32.6 Å². The van der Waals surface area contributed by atoms with Gasteiger partial charge in [-0.15, -0.1) is 0 Å². The van der Waals surface area contributed by atoms with E-state index >= 15 is 0 Å². The second-order valence-corrected chi connectivity index (χ2v) is 7.51. The van der Waals surface area contributed by atoms with E-state index in [2.05, 4.69) is 5.32 Å². The van der Waals surface area contributed by atoms with Crippen LogP contribution in [0.25, 0.3) is 0 Å². The highest BCUT2D eigenvalue weighted by Crippen LogP contribution is 2.29. The van der Waals surface area contributed by atoms with E-state index < -0.39 is 28.0 Å². The zero-order valence-electron chi connectivity index (χ0n) is 11.9. The van der Waals surface area contributed by atoms with Crippen molar-refractivity contribution in [2.24, 2.45) is 5.92 Å². The molecule has 0 saturated heterocycles. The summed E-state index contributed by atoms with van der Waals surface area (Å²) >= 11 is 0. The minimum Gasteiger partial charge on any atom is -0.444 e. The zero-order chi connectivity index (χ0) is 14.7. The number of carbonyl (C=O) groups excluding carboxylic acids is 1. The summed E-state index contributed by atoms with van der Waals surface area (Å²) in [5, 5.41) is 2.51. The minimum absolute atomic E-state index is 0.0160. The highest BCUT2D eigenvalue weighted by Gasteiger charge is 2.31. The number of nitrogens with one attached hydrogen (secondary N) is 1. The average molecular weight is 293 g/mol. The van der Waals surface area contributed by atoms with Crippen LogP contribution in [0.5, 0.6) is 0 Å². The summed E-state index contributed by atoms with van der Waals surface area (Å²) in [4.78, 5) is 11.7. The normalized spacial score (nSPS) is 19.2. The molecular formula is C12H23NO5S. The van der Waals surface area contributed by atoms with Gasteiger partial charge >= 0.3 is 6.09 Å². The second-order valence-electron chi connectivity index (χ2n) is 5.91. The van der Waals surface area contributed by atoms with E-state index in [-0.39, 0.29) is 5.92 Å². The highest BCUT2D eigenvalue weighted by atomic mass is 32.2. The molecule has 6 nitrogen and oxygen atoms in total. The smallest absolute Gasteiger partial charge is 0.409 e. The maximum atomic E-state index is 11.7. The Morgan fingerprint density at radius 2 is 1.79 bits per heavy atom. The summed E-state index contributed by atoms with van der Waals surface area (Å²) in [5.74, 6) is 0.0160. The predicted octanol–water partition coefficient (Wildman–Crippen LogP) is 2.00. The molecule has 0 spiro atoms. The molecule has 0 aromatic rings. The lowest BCUT2D eigenvalue weighted by Gasteiger charge is -2.26. The number of alkyl carbamates (subject to hydrolysis) is 1. The van der Waals surface area contributed by atoms with Gasteiger partial charge in [-0.1, -0.05) is 12.8 Å². The molecule has 1 unspecified atom stereocenters. The third kappa shape index (κ3) is 6.77. The van der Waals surface area contributed by atoms with Crippen molar-refractivity contribution in [3.63, 3.8) is 0 Å². The van der Waals surface area contributed by atoms with Gasteiger partial charge < -0.3 is 4.74 Å². The van der Waals surface area contributed by atoms with Gasteiger partial charge in [-0.2, -0.15) is 8.42 Å². The molecule has 1 fully saturated rings. The van der Waals surface area contributed by atoms with Crippen molar-refractivity contribution in [3.05, 3.63) is 0 Å². The van der Waals surface area contributed by atoms with Gasteiger partial charge in [0, 0.05) is 5.92 Å². The standard InChI is InChI=1S/C12H23NO5S/c1-12(2,3)17-11(14)13-10(18-19(4,15)16)9-7-5-6-8-9/h9-10H,5-8H2,1-4H3,(H,13,14). The molecule has 1 aliphatic rings. The van der Waals surface area contributed by atoms with E-state index in [1.165, 1.54) is 0 Å². The molecule has 0 aliphatic heterocycles. The molecule has 0 aromatic carbocycles. The van der Waals surface area contributed by atoms with Crippen LogP contribution >= 0.6 is 0 Å². The number of rotatable bonds is 4. The molecule has 1 N–H and O–H groups in total. The van der Waals surface area contributed by atoms with E-state index in [4.69, 9.17) is 8.92 Å². The molecule has 1 amide bonds. The van der Waals surface area contributed by atoms with Gasteiger partial charge in [0.25, 0.3) is 10.1 Å². The summed E-state index contributed by atoms with van der Waals surface area (Å²) in [6.07, 6.45) is 3.20. The quantitative estimate of drug-likeness (QED) is 0.633. The first-order valence-corrected chi connectivity index (χ1v) is 8.26. The lowest BCUT2D eigenvalue weighted by atomic mass is 10.1. The third-order valence-electron chi connectivity index (χ3n) is 2.77. The minimum atomic E-state index is -3.62. The lowest BCUT2D eigenvalue weighted by Crippen LogP contribution is -2.44. The first-order valence-electron chi connectivity index (χ1n) is 6.44. The van der Waals surface area contributed by atoms with Gasteiger partial charge in [0.2, 0.25) is 0 Å². The molecule has 0 aromatic heterocycles. The molecule has 112 valence electrons. The molecule has 0 heterocycles. The van der Waals surface area contributed by atoms with Crippen molar-refractivity contribution in [1.82, 2.24) is 5.32 Å². The topological polar surface area (TPSA) is 81.7 Å². The SMILES string of the molecule is CC(C)(C)OC(=O)NC(OS(C)(=O)=O)C1CCCC1. The van der Waals surface area contributed by atoms with Gasteiger partial charge in [0.15, 0.2) is 6.23 Å². The number of hydrogen-bond donors (Lipinski definition) is 1.